The van der Waals surface area contributed by atoms with Crippen molar-refractivity contribution in [1.29, 1.82) is 0 Å². The molecule has 8 heteroatoms. The first-order chi connectivity index (χ1) is 17.4. The van der Waals surface area contributed by atoms with Crippen LogP contribution in [0.2, 0.25) is 0 Å². The third-order valence-electron chi connectivity index (χ3n) is 5.63. The number of carbonyl (C=O) groups is 1. The van der Waals surface area contributed by atoms with E-state index in [-0.39, 0.29) is 11.5 Å². The molecule has 1 aliphatic rings. The molecule has 0 aromatic heterocycles. The highest BCUT2D eigenvalue weighted by molar-refractivity contribution is 6.04. The monoisotopic (exact) mass is 493 g/mol. The van der Waals surface area contributed by atoms with Gasteiger partial charge in [0, 0.05) is 23.4 Å². The van der Waals surface area contributed by atoms with Gasteiger partial charge >= 0.3 is 0 Å². The Morgan fingerprint density at radius 3 is 2.22 bits per heavy atom. The molecule has 0 saturated heterocycles. The summed E-state index contributed by atoms with van der Waals surface area (Å²) >= 11 is 0. The van der Waals surface area contributed by atoms with Crippen molar-refractivity contribution in [3.05, 3.63) is 71.2 Å². The van der Waals surface area contributed by atoms with Crippen LogP contribution in [-0.4, -0.2) is 46.4 Å². The Bertz CT molecular complexity index is 1200. The summed E-state index contributed by atoms with van der Waals surface area (Å²) < 4.78 is 26.7. The Labute approximate surface area is 211 Å². The number of hydrogen-bond donors (Lipinski definition) is 2. The van der Waals surface area contributed by atoms with E-state index >= 15 is 0 Å². The zero-order valence-corrected chi connectivity index (χ0v) is 21.1. The second-order valence-corrected chi connectivity index (χ2v) is 7.73. The molecule has 0 saturated carbocycles. The number of nitrogens with one attached hydrogen (secondary N) is 1. The molecule has 2 aromatic carbocycles. The molecule has 0 amide bonds. The predicted octanol–water partition coefficient (Wildman–Crippen LogP) is 5.34. The third kappa shape index (κ3) is 6.02. The van der Waals surface area contributed by atoms with Crippen LogP contribution in [0.25, 0.3) is 12.2 Å². The SMILES string of the molecule is COC1=CCCC(C(=O)/C=C\Nc2c(/C=C\c3cc(OC)c(OC)c(OC)c3)ccc(OC)c2O)=C1. The molecule has 2 N–H and O–H groups in total. The maximum Gasteiger partial charge on any atom is 0.203 e. The molecule has 0 atom stereocenters. The van der Waals surface area contributed by atoms with Crippen molar-refractivity contribution in [2.75, 3.05) is 40.9 Å². The molecule has 0 unspecified atom stereocenters. The van der Waals surface area contributed by atoms with Crippen LogP contribution in [0.4, 0.5) is 5.69 Å². The first-order valence-corrected chi connectivity index (χ1v) is 11.3. The molecule has 8 nitrogen and oxygen atoms in total. The van der Waals surface area contributed by atoms with Crippen LogP contribution in [0.5, 0.6) is 28.7 Å². The smallest absolute Gasteiger partial charge is 0.203 e. The van der Waals surface area contributed by atoms with Gasteiger partial charge in [0.25, 0.3) is 0 Å². The second-order valence-electron chi connectivity index (χ2n) is 7.73. The number of carbonyl (C=O) groups excluding carboxylic acids is 1. The Morgan fingerprint density at radius 1 is 0.917 bits per heavy atom. The van der Waals surface area contributed by atoms with E-state index in [4.69, 9.17) is 23.7 Å². The van der Waals surface area contributed by atoms with Gasteiger partial charge in [0.05, 0.1) is 41.2 Å². The molecule has 3 rings (SSSR count). The number of hydrogen-bond acceptors (Lipinski definition) is 8. The summed E-state index contributed by atoms with van der Waals surface area (Å²) in [4.78, 5) is 12.6. The van der Waals surface area contributed by atoms with Gasteiger partial charge in [-0.1, -0.05) is 12.2 Å². The topological polar surface area (TPSA) is 95.5 Å². The molecule has 36 heavy (non-hydrogen) atoms. The van der Waals surface area contributed by atoms with Crippen LogP contribution in [-0.2, 0) is 9.53 Å². The van der Waals surface area contributed by atoms with E-state index in [0.717, 1.165) is 12.0 Å². The molecule has 0 bridgehead atoms. The number of benzene rings is 2. The largest absolute Gasteiger partial charge is 0.503 e. The van der Waals surface area contributed by atoms with E-state index < -0.39 is 0 Å². The van der Waals surface area contributed by atoms with Crippen molar-refractivity contribution in [2.24, 2.45) is 0 Å². The van der Waals surface area contributed by atoms with Crippen LogP contribution in [0.3, 0.4) is 0 Å². The molecule has 0 fully saturated rings. The Kier molecular flexibility index (Phi) is 9.05. The van der Waals surface area contributed by atoms with Crippen molar-refractivity contribution in [3.63, 3.8) is 0 Å². The summed E-state index contributed by atoms with van der Waals surface area (Å²) in [5.74, 6) is 2.31. The van der Waals surface area contributed by atoms with Gasteiger partial charge in [0.2, 0.25) is 5.75 Å². The van der Waals surface area contributed by atoms with Crippen LogP contribution in [0, 0.1) is 0 Å². The highest BCUT2D eigenvalue weighted by Crippen LogP contribution is 2.40. The summed E-state index contributed by atoms with van der Waals surface area (Å²) in [5.41, 5.74) is 2.50. The van der Waals surface area contributed by atoms with Crippen molar-refractivity contribution in [3.8, 4) is 28.7 Å². The Balaban J connectivity index is 1.89. The van der Waals surface area contributed by atoms with Gasteiger partial charge in [-0.15, -0.1) is 0 Å². The minimum atomic E-state index is -0.137. The van der Waals surface area contributed by atoms with E-state index in [1.165, 1.54) is 19.4 Å². The number of ether oxygens (including phenoxy) is 5. The summed E-state index contributed by atoms with van der Waals surface area (Å²) in [5, 5.41) is 13.8. The number of rotatable bonds is 11. The number of ketones is 1. The molecule has 0 heterocycles. The van der Waals surface area contributed by atoms with E-state index in [2.05, 4.69) is 5.32 Å². The van der Waals surface area contributed by atoms with Crippen LogP contribution in [0.15, 0.2) is 60.0 Å². The van der Waals surface area contributed by atoms with Gasteiger partial charge in [-0.2, -0.15) is 0 Å². The van der Waals surface area contributed by atoms with Gasteiger partial charge in [0.1, 0.15) is 5.76 Å². The van der Waals surface area contributed by atoms with Crippen molar-refractivity contribution in [2.45, 2.75) is 12.8 Å². The molecular formula is C28H31NO7. The number of phenols is 1. The third-order valence-corrected chi connectivity index (χ3v) is 5.63. The number of aromatic hydroxyl groups is 1. The Hall–Kier alpha value is -4.33. The fourth-order valence-electron chi connectivity index (χ4n) is 3.74. The molecule has 2 aromatic rings. The lowest BCUT2D eigenvalue weighted by Crippen LogP contribution is -2.04. The number of phenolic OH excluding ortho intramolecular Hbond substituents is 1. The lowest BCUT2D eigenvalue weighted by atomic mass is 10.00. The van der Waals surface area contributed by atoms with Crippen molar-refractivity contribution >= 4 is 23.6 Å². The van der Waals surface area contributed by atoms with Crippen molar-refractivity contribution < 1.29 is 33.6 Å². The van der Waals surface area contributed by atoms with Gasteiger partial charge in [-0.25, -0.2) is 0 Å². The maximum absolute atomic E-state index is 12.6. The molecule has 0 spiro atoms. The molecule has 0 radical (unpaired) electrons. The fraction of sp³-hybridized carbons (Fsp3) is 0.250. The van der Waals surface area contributed by atoms with E-state index in [0.29, 0.717) is 52.0 Å². The summed E-state index contributed by atoms with van der Waals surface area (Å²) in [7, 11) is 7.70. The molecule has 1 aliphatic carbocycles. The average molecular weight is 494 g/mol. The maximum atomic E-state index is 12.6. The number of allylic oxidation sites excluding steroid dienone is 4. The van der Waals surface area contributed by atoms with Gasteiger partial charge in [-0.3, -0.25) is 4.79 Å². The second kappa shape index (κ2) is 12.4. The van der Waals surface area contributed by atoms with Gasteiger partial charge < -0.3 is 34.1 Å². The van der Waals surface area contributed by atoms with Gasteiger partial charge in [0.15, 0.2) is 28.8 Å². The van der Waals surface area contributed by atoms with E-state index in [9.17, 15) is 9.90 Å². The lowest BCUT2D eigenvalue weighted by Gasteiger charge is -2.14. The summed E-state index contributed by atoms with van der Waals surface area (Å²) in [6.07, 6.45) is 11.7. The molecule has 0 aliphatic heterocycles. The zero-order valence-electron chi connectivity index (χ0n) is 21.1. The first-order valence-electron chi connectivity index (χ1n) is 11.3. The van der Waals surface area contributed by atoms with E-state index in [1.807, 2.05) is 30.4 Å². The summed E-state index contributed by atoms with van der Waals surface area (Å²) in [6.45, 7) is 0. The average Bonchev–Trinajstić information content (AvgIpc) is 2.92. The Morgan fingerprint density at radius 2 is 1.61 bits per heavy atom. The quantitative estimate of drug-likeness (QED) is 0.246. The molecule has 190 valence electrons. The van der Waals surface area contributed by atoms with E-state index in [1.54, 1.807) is 46.6 Å². The van der Waals surface area contributed by atoms with Crippen LogP contribution < -0.4 is 24.3 Å². The fourth-order valence-corrected chi connectivity index (χ4v) is 3.74. The lowest BCUT2D eigenvalue weighted by molar-refractivity contribution is -0.111. The van der Waals surface area contributed by atoms with Crippen LogP contribution in [0.1, 0.15) is 24.0 Å². The highest BCUT2D eigenvalue weighted by atomic mass is 16.5. The first kappa shape index (κ1) is 26.3. The standard InChI is InChI=1S/C28H31NO7/c1-32-21-8-6-7-20(17-21)22(30)13-14-29-26-19(11-12-23(33-2)27(26)31)10-9-18-15-24(34-3)28(36-5)25(16-18)35-4/h8-17,29,31H,6-7H2,1-5H3/b10-9-,14-13-. The number of anilines is 1. The van der Waals surface area contributed by atoms with Crippen LogP contribution >= 0.6 is 0 Å². The van der Waals surface area contributed by atoms with Crippen molar-refractivity contribution in [1.82, 2.24) is 0 Å². The summed E-state index contributed by atoms with van der Waals surface area (Å²) in [6, 6.07) is 7.08. The number of methoxy groups -OCH3 is 5. The normalized spacial score (nSPS) is 13.2. The van der Waals surface area contributed by atoms with Gasteiger partial charge in [-0.05, 0) is 54.8 Å². The minimum absolute atomic E-state index is 0.0804. The zero-order chi connectivity index (χ0) is 26.1. The highest BCUT2D eigenvalue weighted by Gasteiger charge is 2.15. The minimum Gasteiger partial charge on any atom is -0.503 e. The molecular weight excluding hydrogens is 462 g/mol. The predicted molar refractivity (Wildman–Crippen MR) is 140 cm³/mol.